The van der Waals surface area contributed by atoms with Crippen LogP contribution in [0.1, 0.15) is 6.42 Å². The summed E-state index contributed by atoms with van der Waals surface area (Å²) in [5, 5.41) is 17.1. The molecular formula is C6H14N2O5S. The van der Waals surface area contributed by atoms with Gasteiger partial charge in [-0.25, -0.2) is 9.52 Å². The van der Waals surface area contributed by atoms with E-state index >= 15 is 0 Å². The summed E-state index contributed by atoms with van der Waals surface area (Å²) in [7, 11) is -0.854. The van der Waals surface area contributed by atoms with E-state index in [4.69, 9.17) is 10.2 Å². The van der Waals surface area contributed by atoms with Gasteiger partial charge in [0.05, 0.1) is 0 Å². The van der Waals surface area contributed by atoms with Crippen LogP contribution in [0.4, 0.5) is 0 Å². The molecule has 0 bridgehead atoms. The SMILES string of the molecule is CN(C)S(=O)(=O)NCCC(O)C(=O)O. The van der Waals surface area contributed by atoms with Gasteiger partial charge >= 0.3 is 5.97 Å². The zero-order valence-electron chi connectivity index (χ0n) is 7.97. The van der Waals surface area contributed by atoms with Crippen molar-refractivity contribution in [1.29, 1.82) is 0 Å². The van der Waals surface area contributed by atoms with Crippen LogP contribution in [-0.2, 0) is 15.0 Å². The molecule has 0 aliphatic carbocycles. The summed E-state index contributed by atoms with van der Waals surface area (Å²) in [5.74, 6) is -1.37. The zero-order valence-corrected chi connectivity index (χ0v) is 8.78. The second-order valence-electron chi connectivity index (χ2n) is 2.82. The number of aliphatic hydroxyl groups excluding tert-OH is 1. The number of carboxylic acids is 1. The number of hydrogen-bond acceptors (Lipinski definition) is 4. The van der Waals surface area contributed by atoms with Crippen molar-refractivity contribution in [3.05, 3.63) is 0 Å². The first-order valence-corrected chi connectivity index (χ1v) is 5.29. The van der Waals surface area contributed by atoms with Gasteiger partial charge in [-0.2, -0.15) is 12.7 Å². The number of rotatable bonds is 6. The lowest BCUT2D eigenvalue weighted by atomic mass is 10.3. The number of carboxylic acid groups (broad SMARTS) is 1. The standard InChI is InChI=1S/C6H14N2O5S/c1-8(2)14(12,13)7-4-3-5(9)6(10)11/h5,7,9H,3-4H2,1-2H3,(H,10,11). The molecule has 0 rings (SSSR count). The Kier molecular flexibility index (Phi) is 4.99. The van der Waals surface area contributed by atoms with E-state index in [0.29, 0.717) is 0 Å². The first-order chi connectivity index (χ1) is 6.27. The van der Waals surface area contributed by atoms with E-state index in [-0.39, 0.29) is 13.0 Å². The molecule has 0 spiro atoms. The number of aliphatic carboxylic acids is 1. The van der Waals surface area contributed by atoms with E-state index < -0.39 is 22.3 Å². The second kappa shape index (κ2) is 5.25. The van der Waals surface area contributed by atoms with Crippen LogP contribution in [0.3, 0.4) is 0 Å². The third-order valence-corrected chi connectivity index (χ3v) is 3.00. The number of nitrogens with zero attached hydrogens (tertiary/aromatic N) is 1. The molecule has 0 heterocycles. The van der Waals surface area contributed by atoms with Crippen molar-refractivity contribution in [3.8, 4) is 0 Å². The predicted molar refractivity (Wildman–Crippen MR) is 48.9 cm³/mol. The highest BCUT2D eigenvalue weighted by atomic mass is 32.2. The molecule has 14 heavy (non-hydrogen) atoms. The number of aliphatic hydroxyl groups is 1. The average Bonchev–Trinajstić information content (AvgIpc) is 2.03. The molecule has 0 aromatic carbocycles. The first kappa shape index (κ1) is 13.3. The molecule has 0 amide bonds. The summed E-state index contributed by atoms with van der Waals surface area (Å²) >= 11 is 0. The molecule has 0 saturated heterocycles. The molecule has 0 aliphatic heterocycles. The molecular weight excluding hydrogens is 212 g/mol. The van der Waals surface area contributed by atoms with Gasteiger partial charge < -0.3 is 10.2 Å². The first-order valence-electron chi connectivity index (χ1n) is 3.85. The van der Waals surface area contributed by atoms with Crippen LogP contribution in [0.15, 0.2) is 0 Å². The van der Waals surface area contributed by atoms with E-state index in [1.807, 2.05) is 0 Å². The number of carbonyl (C=O) groups is 1. The maximum atomic E-state index is 11.1. The van der Waals surface area contributed by atoms with Gasteiger partial charge in [0.2, 0.25) is 0 Å². The van der Waals surface area contributed by atoms with Gasteiger partial charge in [-0.3, -0.25) is 0 Å². The van der Waals surface area contributed by atoms with Crippen LogP contribution in [0.5, 0.6) is 0 Å². The summed E-state index contributed by atoms with van der Waals surface area (Å²) < 4.78 is 25.2. The van der Waals surface area contributed by atoms with E-state index in [0.717, 1.165) is 4.31 Å². The molecule has 0 fully saturated rings. The molecule has 1 atom stereocenters. The van der Waals surface area contributed by atoms with Gasteiger partial charge in [-0.1, -0.05) is 0 Å². The summed E-state index contributed by atoms with van der Waals surface area (Å²) in [5.41, 5.74) is 0. The van der Waals surface area contributed by atoms with Crippen molar-refractivity contribution in [2.45, 2.75) is 12.5 Å². The fourth-order valence-electron chi connectivity index (χ4n) is 0.577. The Balaban J connectivity index is 3.92. The van der Waals surface area contributed by atoms with Crippen molar-refractivity contribution in [2.75, 3.05) is 20.6 Å². The molecule has 0 aliphatic rings. The van der Waals surface area contributed by atoms with Crippen LogP contribution in [0.25, 0.3) is 0 Å². The van der Waals surface area contributed by atoms with Crippen molar-refractivity contribution >= 4 is 16.2 Å². The number of nitrogens with one attached hydrogen (secondary N) is 1. The highest BCUT2D eigenvalue weighted by Crippen LogP contribution is 1.93. The van der Waals surface area contributed by atoms with Crippen LogP contribution < -0.4 is 4.72 Å². The second-order valence-corrected chi connectivity index (χ2v) is 4.79. The third kappa shape index (κ3) is 4.51. The highest BCUT2D eigenvalue weighted by Gasteiger charge is 2.16. The smallest absolute Gasteiger partial charge is 0.332 e. The predicted octanol–water partition coefficient (Wildman–Crippen LogP) is -1.78. The maximum absolute atomic E-state index is 11.1. The van der Waals surface area contributed by atoms with Gasteiger partial charge in [-0.15, -0.1) is 0 Å². The highest BCUT2D eigenvalue weighted by molar-refractivity contribution is 7.87. The van der Waals surface area contributed by atoms with Crippen molar-refractivity contribution in [3.63, 3.8) is 0 Å². The fourth-order valence-corrected chi connectivity index (χ4v) is 1.21. The van der Waals surface area contributed by atoms with Gasteiger partial charge in [0, 0.05) is 20.6 Å². The lowest BCUT2D eigenvalue weighted by Crippen LogP contribution is -2.37. The van der Waals surface area contributed by atoms with Gasteiger partial charge in [0.25, 0.3) is 10.2 Å². The van der Waals surface area contributed by atoms with E-state index in [2.05, 4.69) is 4.72 Å². The number of hydrogen-bond donors (Lipinski definition) is 3. The molecule has 0 saturated carbocycles. The Bertz CT molecular complexity index is 287. The van der Waals surface area contributed by atoms with E-state index in [9.17, 15) is 13.2 Å². The Labute approximate surface area is 82.5 Å². The van der Waals surface area contributed by atoms with Crippen molar-refractivity contribution < 1.29 is 23.4 Å². The van der Waals surface area contributed by atoms with Crippen molar-refractivity contribution in [1.82, 2.24) is 9.03 Å². The van der Waals surface area contributed by atoms with Gasteiger partial charge in [0.1, 0.15) is 0 Å². The summed E-state index contributed by atoms with van der Waals surface area (Å²) in [6.07, 6.45) is -1.71. The summed E-state index contributed by atoms with van der Waals surface area (Å²) in [4.78, 5) is 10.2. The maximum Gasteiger partial charge on any atom is 0.332 e. The quantitative estimate of drug-likeness (QED) is 0.496. The molecule has 0 aromatic rings. The minimum absolute atomic E-state index is 0.117. The summed E-state index contributed by atoms with van der Waals surface area (Å²) in [6.45, 7) is -0.117. The Morgan fingerprint density at radius 2 is 2.00 bits per heavy atom. The molecule has 3 N–H and O–H groups in total. The lowest BCUT2D eigenvalue weighted by Gasteiger charge is -2.12. The van der Waals surface area contributed by atoms with E-state index in [1.165, 1.54) is 14.1 Å². The van der Waals surface area contributed by atoms with Crippen LogP contribution in [0, 0.1) is 0 Å². The fraction of sp³-hybridized carbons (Fsp3) is 0.833. The molecule has 1 unspecified atom stereocenters. The zero-order chi connectivity index (χ0) is 11.4. The molecule has 8 heteroatoms. The van der Waals surface area contributed by atoms with Gasteiger partial charge in [-0.05, 0) is 6.42 Å². The molecule has 0 aromatic heterocycles. The van der Waals surface area contributed by atoms with Crippen LogP contribution in [-0.4, -0.2) is 55.6 Å². The Morgan fingerprint density at radius 1 is 1.50 bits per heavy atom. The van der Waals surface area contributed by atoms with Crippen LogP contribution >= 0.6 is 0 Å². The van der Waals surface area contributed by atoms with Crippen molar-refractivity contribution in [2.24, 2.45) is 0 Å². The summed E-state index contributed by atoms with van der Waals surface area (Å²) in [6, 6.07) is 0. The lowest BCUT2D eigenvalue weighted by molar-refractivity contribution is -0.146. The topological polar surface area (TPSA) is 107 Å². The monoisotopic (exact) mass is 226 g/mol. The molecule has 0 radical (unpaired) electrons. The van der Waals surface area contributed by atoms with Crippen LogP contribution in [0.2, 0.25) is 0 Å². The average molecular weight is 226 g/mol. The Hall–Kier alpha value is -0.700. The Morgan fingerprint density at radius 3 is 2.36 bits per heavy atom. The van der Waals surface area contributed by atoms with Gasteiger partial charge in [0.15, 0.2) is 6.10 Å². The minimum atomic E-state index is -3.54. The normalized spacial score (nSPS) is 14.3. The van der Waals surface area contributed by atoms with E-state index in [1.54, 1.807) is 0 Å². The molecule has 7 nitrogen and oxygen atoms in total. The molecule has 84 valence electrons. The third-order valence-electron chi connectivity index (χ3n) is 1.47. The minimum Gasteiger partial charge on any atom is -0.479 e. The largest absolute Gasteiger partial charge is 0.479 e.